The molecule has 0 aliphatic carbocycles. The second-order valence-electron chi connectivity index (χ2n) is 5.58. The lowest BCUT2D eigenvalue weighted by Crippen LogP contribution is -2.39. The molecule has 0 atom stereocenters. The number of aliphatic imine (C=N–C) groups is 1. The van der Waals surface area contributed by atoms with E-state index in [1.807, 2.05) is 0 Å². The van der Waals surface area contributed by atoms with Gasteiger partial charge in [-0.25, -0.2) is 4.99 Å². The van der Waals surface area contributed by atoms with Gasteiger partial charge in [0.2, 0.25) is 0 Å². The van der Waals surface area contributed by atoms with Crippen molar-refractivity contribution in [1.29, 1.82) is 0 Å². The van der Waals surface area contributed by atoms with Crippen LogP contribution in [0.4, 0.5) is 0 Å². The lowest BCUT2D eigenvalue weighted by atomic mass is 10.1. The molecule has 0 bridgehead atoms. The summed E-state index contributed by atoms with van der Waals surface area (Å²) in [7, 11) is 0. The zero-order valence-electron chi connectivity index (χ0n) is 13.8. The van der Waals surface area contributed by atoms with E-state index >= 15 is 0 Å². The third-order valence-corrected chi connectivity index (χ3v) is 2.84. The Morgan fingerprint density at radius 1 is 1.29 bits per heavy atom. The van der Waals surface area contributed by atoms with E-state index in [0.717, 1.165) is 25.7 Å². The van der Waals surface area contributed by atoms with Crippen LogP contribution in [0.15, 0.2) is 29.3 Å². The van der Waals surface area contributed by atoms with Gasteiger partial charge in [-0.2, -0.15) is 0 Å². The van der Waals surface area contributed by atoms with Gasteiger partial charge in [0.1, 0.15) is 0 Å². The molecule has 0 radical (unpaired) electrons. The second-order valence-corrected chi connectivity index (χ2v) is 5.58. The monoisotopic (exact) mass is 291 g/mol. The summed E-state index contributed by atoms with van der Waals surface area (Å²) in [5.74, 6) is 1.42. The third kappa shape index (κ3) is 8.35. The average Bonchev–Trinajstić information content (AvgIpc) is 2.44. The Kier molecular flexibility index (Phi) is 8.51. The highest BCUT2D eigenvalue weighted by Crippen LogP contribution is 2.04. The van der Waals surface area contributed by atoms with Crippen molar-refractivity contribution in [2.45, 2.75) is 34.2 Å². The van der Waals surface area contributed by atoms with Crippen molar-refractivity contribution in [2.24, 2.45) is 10.9 Å². The molecule has 0 spiro atoms. The van der Waals surface area contributed by atoms with Crippen molar-refractivity contribution < 1.29 is 4.74 Å². The van der Waals surface area contributed by atoms with E-state index in [2.05, 4.69) is 67.6 Å². The first-order valence-electron chi connectivity index (χ1n) is 7.77. The quantitative estimate of drug-likeness (QED) is 0.440. The van der Waals surface area contributed by atoms with Gasteiger partial charge in [0.05, 0.1) is 13.2 Å². The van der Waals surface area contributed by atoms with E-state index in [4.69, 9.17) is 4.74 Å². The molecule has 0 aliphatic heterocycles. The summed E-state index contributed by atoms with van der Waals surface area (Å²) in [5, 5.41) is 6.54. The number of aryl methyl sites for hydroxylation is 1. The van der Waals surface area contributed by atoms with E-state index in [0.29, 0.717) is 19.1 Å². The highest BCUT2D eigenvalue weighted by Gasteiger charge is 1.98. The van der Waals surface area contributed by atoms with Crippen molar-refractivity contribution in [1.82, 2.24) is 10.6 Å². The van der Waals surface area contributed by atoms with Crippen LogP contribution in [0.1, 0.15) is 31.9 Å². The molecule has 1 aromatic rings. The van der Waals surface area contributed by atoms with Crippen LogP contribution in [0.3, 0.4) is 0 Å². The van der Waals surface area contributed by atoms with Crippen molar-refractivity contribution in [3.63, 3.8) is 0 Å². The molecule has 21 heavy (non-hydrogen) atoms. The smallest absolute Gasteiger partial charge is 0.191 e. The molecule has 2 N–H and O–H groups in total. The van der Waals surface area contributed by atoms with Crippen LogP contribution in [0.2, 0.25) is 0 Å². The van der Waals surface area contributed by atoms with Gasteiger partial charge in [-0.3, -0.25) is 0 Å². The van der Waals surface area contributed by atoms with Crippen LogP contribution in [0.25, 0.3) is 0 Å². The number of ether oxygens (including phenoxy) is 1. The Labute approximate surface area is 129 Å². The largest absolute Gasteiger partial charge is 0.379 e. The van der Waals surface area contributed by atoms with Crippen molar-refractivity contribution >= 4 is 5.96 Å². The topological polar surface area (TPSA) is 45.7 Å². The summed E-state index contributed by atoms with van der Waals surface area (Å²) >= 11 is 0. The van der Waals surface area contributed by atoms with Crippen LogP contribution >= 0.6 is 0 Å². The lowest BCUT2D eigenvalue weighted by molar-refractivity contribution is 0.114. The number of nitrogens with zero attached hydrogens (tertiary/aromatic N) is 1. The summed E-state index contributed by atoms with van der Waals surface area (Å²) in [4.78, 5) is 4.60. The summed E-state index contributed by atoms with van der Waals surface area (Å²) < 4.78 is 5.56. The number of hydrogen-bond donors (Lipinski definition) is 2. The van der Waals surface area contributed by atoms with E-state index in [1.54, 1.807) is 0 Å². The van der Waals surface area contributed by atoms with Crippen LogP contribution in [0.5, 0.6) is 0 Å². The van der Waals surface area contributed by atoms with Gasteiger partial charge < -0.3 is 15.4 Å². The average molecular weight is 291 g/mol. The first-order chi connectivity index (χ1) is 10.1. The summed E-state index contributed by atoms with van der Waals surface area (Å²) in [5.41, 5.74) is 2.49. The molecule has 0 aliphatic rings. The fourth-order valence-electron chi connectivity index (χ4n) is 1.88. The Bertz CT molecular complexity index is 430. The Morgan fingerprint density at radius 2 is 2.10 bits per heavy atom. The van der Waals surface area contributed by atoms with E-state index in [9.17, 15) is 0 Å². The van der Waals surface area contributed by atoms with Gasteiger partial charge in [-0.05, 0) is 25.3 Å². The maximum atomic E-state index is 5.56. The minimum atomic E-state index is 0.577. The highest BCUT2D eigenvalue weighted by atomic mass is 16.5. The van der Waals surface area contributed by atoms with Gasteiger partial charge in [-0.1, -0.05) is 43.7 Å². The minimum Gasteiger partial charge on any atom is -0.379 e. The van der Waals surface area contributed by atoms with Crippen molar-refractivity contribution in [2.75, 3.05) is 26.3 Å². The van der Waals surface area contributed by atoms with Gasteiger partial charge in [0, 0.05) is 19.7 Å². The van der Waals surface area contributed by atoms with Crippen LogP contribution in [-0.4, -0.2) is 32.3 Å². The Hall–Kier alpha value is -1.55. The zero-order chi connectivity index (χ0) is 15.5. The summed E-state index contributed by atoms with van der Waals surface area (Å²) in [6.45, 7) is 12.3. The standard InChI is InChI=1S/C17H29N3O/c1-5-18-17(19-9-10-21-13-14(2)3)20-12-16-8-6-7-15(4)11-16/h6-8,11,14H,5,9-10,12-13H2,1-4H3,(H2,18,19,20). The normalized spacial score (nSPS) is 11.8. The molecule has 0 heterocycles. The van der Waals surface area contributed by atoms with Crippen LogP contribution < -0.4 is 10.6 Å². The molecule has 0 saturated heterocycles. The van der Waals surface area contributed by atoms with Gasteiger partial charge >= 0.3 is 0 Å². The Balaban J connectivity index is 2.39. The molecule has 0 aromatic heterocycles. The van der Waals surface area contributed by atoms with E-state index < -0.39 is 0 Å². The fourth-order valence-corrected chi connectivity index (χ4v) is 1.88. The maximum Gasteiger partial charge on any atom is 0.191 e. The highest BCUT2D eigenvalue weighted by molar-refractivity contribution is 5.79. The second kappa shape index (κ2) is 10.2. The van der Waals surface area contributed by atoms with Gasteiger partial charge in [-0.15, -0.1) is 0 Å². The molecule has 0 amide bonds. The van der Waals surface area contributed by atoms with Crippen LogP contribution in [0, 0.1) is 12.8 Å². The molecule has 1 aromatic carbocycles. The number of benzene rings is 1. The molecule has 0 saturated carbocycles. The van der Waals surface area contributed by atoms with Gasteiger partial charge in [0.25, 0.3) is 0 Å². The van der Waals surface area contributed by atoms with Crippen molar-refractivity contribution in [3.8, 4) is 0 Å². The molecule has 0 unspecified atom stereocenters. The molecule has 1 rings (SSSR count). The van der Waals surface area contributed by atoms with E-state index in [-0.39, 0.29) is 0 Å². The first kappa shape index (κ1) is 17.5. The summed E-state index contributed by atoms with van der Waals surface area (Å²) in [6, 6.07) is 8.44. The molecular weight excluding hydrogens is 262 g/mol. The molecule has 4 nitrogen and oxygen atoms in total. The third-order valence-electron chi connectivity index (χ3n) is 2.84. The van der Waals surface area contributed by atoms with Crippen LogP contribution in [-0.2, 0) is 11.3 Å². The summed E-state index contributed by atoms with van der Waals surface area (Å²) in [6.07, 6.45) is 0. The SMILES string of the molecule is CCNC(=NCc1cccc(C)c1)NCCOCC(C)C. The fraction of sp³-hybridized carbons (Fsp3) is 0.588. The van der Waals surface area contributed by atoms with Gasteiger partial charge in [0.15, 0.2) is 5.96 Å². The predicted molar refractivity (Wildman–Crippen MR) is 89.7 cm³/mol. The molecule has 4 heteroatoms. The number of nitrogens with one attached hydrogen (secondary N) is 2. The lowest BCUT2D eigenvalue weighted by Gasteiger charge is -2.12. The molecular formula is C17H29N3O. The number of hydrogen-bond acceptors (Lipinski definition) is 2. The Morgan fingerprint density at radius 3 is 2.76 bits per heavy atom. The van der Waals surface area contributed by atoms with E-state index in [1.165, 1.54) is 11.1 Å². The first-order valence-corrected chi connectivity index (χ1v) is 7.77. The number of rotatable bonds is 8. The molecule has 118 valence electrons. The zero-order valence-corrected chi connectivity index (χ0v) is 13.8. The minimum absolute atomic E-state index is 0.577. The maximum absolute atomic E-state index is 5.56. The van der Waals surface area contributed by atoms with Crippen molar-refractivity contribution in [3.05, 3.63) is 35.4 Å². The molecule has 0 fully saturated rings. The number of guanidine groups is 1. The predicted octanol–water partition coefficient (Wildman–Crippen LogP) is 2.72.